The van der Waals surface area contributed by atoms with Crippen LogP contribution >= 0.6 is 11.6 Å². The third-order valence-electron chi connectivity index (χ3n) is 3.01. The van der Waals surface area contributed by atoms with Crippen LogP contribution in [0.2, 0.25) is 0 Å². The van der Waals surface area contributed by atoms with Crippen molar-refractivity contribution in [2.75, 3.05) is 12.4 Å². The Bertz CT molecular complexity index is 472. The molecule has 98 valence electrons. The number of hydrogen-bond acceptors (Lipinski definition) is 3. The lowest BCUT2D eigenvalue weighted by Gasteiger charge is -2.26. The second-order valence-electron chi connectivity index (χ2n) is 4.19. The van der Waals surface area contributed by atoms with Crippen molar-refractivity contribution < 1.29 is 14.7 Å². The third-order valence-corrected chi connectivity index (χ3v) is 3.28. The lowest BCUT2D eigenvalue weighted by Crippen LogP contribution is -2.36. The molecular weight excluding hydrogens is 258 g/mol. The van der Waals surface area contributed by atoms with Crippen molar-refractivity contribution in [1.82, 2.24) is 15.1 Å². The van der Waals surface area contributed by atoms with Crippen LogP contribution in [-0.4, -0.2) is 44.5 Å². The van der Waals surface area contributed by atoms with Gasteiger partial charge in [-0.2, -0.15) is 5.10 Å². The molecule has 0 unspecified atom stereocenters. The van der Waals surface area contributed by atoms with Gasteiger partial charge in [0.1, 0.15) is 0 Å². The standard InChI is InChI=1S/C11H14ClN3O3/c12-4-1-2-9(16)15-5-3-7-8(6-15)13-14-10(7)11(17)18/h1-6H2,(H,13,14)(H,17,18). The molecule has 0 bridgehead atoms. The van der Waals surface area contributed by atoms with Crippen LogP contribution in [-0.2, 0) is 17.8 Å². The minimum atomic E-state index is -1.03. The molecule has 0 saturated carbocycles. The van der Waals surface area contributed by atoms with Gasteiger partial charge in [-0.1, -0.05) is 0 Å². The maximum atomic E-state index is 11.8. The van der Waals surface area contributed by atoms with Gasteiger partial charge in [0.15, 0.2) is 5.69 Å². The maximum absolute atomic E-state index is 11.8. The van der Waals surface area contributed by atoms with Crippen LogP contribution < -0.4 is 0 Å². The van der Waals surface area contributed by atoms with Crippen molar-refractivity contribution in [2.45, 2.75) is 25.8 Å². The van der Waals surface area contributed by atoms with Crippen LogP contribution in [0.5, 0.6) is 0 Å². The van der Waals surface area contributed by atoms with Gasteiger partial charge in [-0.25, -0.2) is 4.79 Å². The van der Waals surface area contributed by atoms with Gasteiger partial charge in [0.05, 0.1) is 12.2 Å². The summed E-state index contributed by atoms with van der Waals surface area (Å²) in [6, 6.07) is 0. The Morgan fingerprint density at radius 2 is 2.28 bits per heavy atom. The number of rotatable bonds is 4. The molecule has 2 heterocycles. The predicted octanol–water partition coefficient (Wildman–Crippen LogP) is 1.01. The smallest absolute Gasteiger partial charge is 0.356 e. The number of nitrogens with one attached hydrogen (secondary N) is 1. The molecule has 0 saturated heterocycles. The van der Waals surface area contributed by atoms with Crippen LogP contribution in [0.25, 0.3) is 0 Å². The fraction of sp³-hybridized carbons (Fsp3) is 0.545. The first-order chi connectivity index (χ1) is 8.63. The summed E-state index contributed by atoms with van der Waals surface area (Å²) >= 11 is 5.55. The van der Waals surface area contributed by atoms with Crippen LogP contribution in [0.3, 0.4) is 0 Å². The average molecular weight is 272 g/mol. The Morgan fingerprint density at radius 1 is 1.50 bits per heavy atom. The summed E-state index contributed by atoms with van der Waals surface area (Å²) in [6.07, 6.45) is 1.62. The molecule has 1 aliphatic rings. The molecule has 0 spiro atoms. The molecule has 1 aromatic heterocycles. The number of H-pyrrole nitrogens is 1. The van der Waals surface area contributed by atoms with Crippen LogP contribution in [0, 0.1) is 0 Å². The molecule has 1 aromatic rings. The number of carbonyl (C=O) groups is 2. The minimum absolute atomic E-state index is 0.0489. The summed E-state index contributed by atoms with van der Waals surface area (Å²) in [7, 11) is 0. The van der Waals surface area contributed by atoms with Gasteiger partial charge in [-0.3, -0.25) is 9.89 Å². The first kappa shape index (κ1) is 12.9. The van der Waals surface area contributed by atoms with E-state index < -0.39 is 5.97 Å². The fourth-order valence-electron chi connectivity index (χ4n) is 2.08. The van der Waals surface area contributed by atoms with E-state index in [1.54, 1.807) is 4.90 Å². The molecule has 6 nitrogen and oxygen atoms in total. The van der Waals surface area contributed by atoms with Crippen molar-refractivity contribution in [3.8, 4) is 0 Å². The van der Waals surface area contributed by atoms with Crippen molar-refractivity contribution in [3.63, 3.8) is 0 Å². The number of fused-ring (bicyclic) bond motifs is 1. The zero-order valence-electron chi connectivity index (χ0n) is 9.78. The highest BCUT2D eigenvalue weighted by Gasteiger charge is 2.26. The van der Waals surface area contributed by atoms with Gasteiger partial charge >= 0.3 is 5.97 Å². The van der Waals surface area contributed by atoms with Crippen LogP contribution in [0.4, 0.5) is 0 Å². The molecular formula is C11H14ClN3O3. The monoisotopic (exact) mass is 271 g/mol. The van der Waals surface area contributed by atoms with E-state index in [4.69, 9.17) is 16.7 Å². The van der Waals surface area contributed by atoms with Gasteiger partial charge in [0.25, 0.3) is 0 Å². The Hall–Kier alpha value is -1.56. The summed E-state index contributed by atoms with van der Waals surface area (Å²) in [5.41, 5.74) is 1.50. The maximum Gasteiger partial charge on any atom is 0.356 e. The quantitative estimate of drug-likeness (QED) is 0.800. The molecule has 0 aliphatic carbocycles. The van der Waals surface area contributed by atoms with Crippen LogP contribution in [0.1, 0.15) is 34.6 Å². The number of aromatic carboxylic acids is 1. The van der Waals surface area contributed by atoms with E-state index in [2.05, 4.69) is 10.2 Å². The first-order valence-corrected chi connectivity index (χ1v) is 6.30. The highest BCUT2D eigenvalue weighted by atomic mass is 35.5. The number of halogens is 1. The van der Waals surface area contributed by atoms with E-state index >= 15 is 0 Å². The molecule has 1 amide bonds. The van der Waals surface area contributed by atoms with Crippen LogP contribution in [0.15, 0.2) is 0 Å². The Labute approximate surface area is 109 Å². The molecule has 18 heavy (non-hydrogen) atoms. The number of hydrogen-bond donors (Lipinski definition) is 2. The third kappa shape index (κ3) is 2.48. The van der Waals surface area contributed by atoms with Gasteiger partial charge in [-0.05, 0) is 12.8 Å². The Morgan fingerprint density at radius 3 is 2.94 bits per heavy atom. The number of aromatic nitrogens is 2. The summed E-state index contributed by atoms with van der Waals surface area (Å²) in [5.74, 6) is -0.514. The summed E-state index contributed by atoms with van der Waals surface area (Å²) in [5, 5.41) is 15.4. The molecule has 0 aromatic carbocycles. The predicted molar refractivity (Wildman–Crippen MR) is 64.6 cm³/mol. The van der Waals surface area contributed by atoms with Gasteiger partial charge in [0, 0.05) is 24.4 Å². The van der Waals surface area contributed by atoms with Crippen molar-refractivity contribution in [1.29, 1.82) is 0 Å². The Balaban J connectivity index is 2.07. The lowest BCUT2D eigenvalue weighted by atomic mass is 10.0. The normalized spacial score (nSPS) is 14.4. The molecule has 2 N–H and O–H groups in total. The lowest BCUT2D eigenvalue weighted by molar-refractivity contribution is -0.132. The second-order valence-corrected chi connectivity index (χ2v) is 4.57. The van der Waals surface area contributed by atoms with E-state index in [0.29, 0.717) is 43.8 Å². The molecule has 0 radical (unpaired) electrons. The summed E-state index contributed by atoms with van der Waals surface area (Å²) < 4.78 is 0. The highest BCUT2D eigenvalue weighted by molar-refractivity contribution is 6.17. The van der Waals surface area contributed by atoms with E-state index in [1.165, 1.54) is 0 Å². The SMILES string of the molecule is O=C(O)c1n[nH]c2c1CCN(C(=O)CCCCl)C2. The number of carboxylic acids is 1. The van der Waals surface area contributed by atoms with E-state index in [9.17, 15) is 9.59 Å². The van der Waals surface area contributed by atoms with Gasteiger partial charge in [-0.15, -0.1) is 11.6 Å². The first-order valence-electron chi connectivity index (χ1n) is 5.76. The van der Waals surface area contributed by atoms with Gasteiger partial charge in [0.2, 0.25) is 5.91 Å². The van der Waals surface area contributed by atoms with Crippen molar-refractivity contribution in [2.24, 2.45) is 0 Å². The van der Waals surface area contributed by atoms with E-state index in [-0.39, 0.29) is 11.6 Å². The highest BCUT2D eigenvalue weighted by Crippen LogP contribution is 2.20. The number of nitrogens with zero attached hydrogens (tertiary/aromatic N) is 2. The number of aromatic amines is 1. The molecule has 0 fully saturated rings. The van der Waals surface area contributed by atoms with Gasteiger partial charge < -0.3 is 10.0 Å². The number of amides is 1. The number of carbonyl (C=O) groups excluding carboxylic acids is 1. The number of carboxylic acid groups (broad SMARTS) is 1. The summed E-state index contributed by atoms with van der Waals surface area (Å²) in [4.78, 5) is 24.4. The van der Waals surface area contributed by atoms with Crippen molar-refractivity contribution >= 4 is 23.5 Å². The summed E-state index contributed by atoms with van der Waals surface area (Å²) in [6.45, 7) is 0.935. The van der Waals surface area contributed by atoms with E-state index in [0.717, 1.165) is 5.69 Å². The fourth-order valence-corrected chi connectivity index (χ4v) is 2.22. The molecule has 0 atom stereocenters. The average Bonchev–Trinajstić information content (AvgIpc) is 2.78. The minimum Gasteiger partial charge on any atom is -0.476 e. The molecule has 7 heteroatoms. The topological polar surface area (TPSA) is 86.3 Å². The second kappa shape index (κ2) is 5.39. The zero-order valence-corrected chi connectivity index (χ0v) is 10.5. The van der Waals surface area contributed by atoms with Crippen molar-refractivity contribution in [3.05, 3.63) is 17.0 Å². The molecule has 1 aliphatic heterocycles. The number of alkyl halides is 1. The van der Waals surface area contributed by atoms with E-state index in [1.807, 2.05) is 0 Å². The zero-order chi connectivity index (χ0) is 13.1. The Kier molecular flexibility index (Phi) is 3.86. The molecule has 2 rings (SSSR count). The largest absolute Gasteiger partial charge is 0.476 e.